The Bertz CT molecular complexity index is 1130. The molecule has 9 heteroatoms. The third kappa shape index (κ3) is 4.04. The second-order valence-corrected chi connectivity index (χ2v) is 6.26. The number of aromatic nitrogens is 2. The molecule has 148 valence electrons. The molecule has 1 aliphatic rings. The molecule has 2 heterocycles. The molecule has 9 nitrogen and oxygen atoms in total. The Hall–Kier alpha value is -4.40. The summed E-state index contributed by atoms with van der Waals surface area (Å²) in [6.45, 7) is 0. The smallest absolute Gasteiger partial charge is 0.290 e. The summed E-state index contributed by atoms with van der Waals surface area (Å²) in [5, 5.41) is 21.3. The van der Waals surface area contributed by atoms with E-state index in [9.17, 15) is 4.79 Å². The molecule has 0 aliphatic carbocycles. The van der Waals surface area contributed by atoms with E-state index in [4.69, 9.17) is 15.6 Å². The lowest BCUT2D eigenvalue weighted by Crippen LogP contribution is -2.43. The van der Waals surface area contributed by atoms with Crippen LogP contribution < -0.4 is 10.6 Å². The lowest BCUT2D eigenvalue weighted by Gasteiger charge is -2.15. The number of benzodiazepines with no additional fused rings is 1. The van der Waals surface area contributed by atoms with Gasteiger partial charge in [0.15, 0.2) is 0 Å². The van der Waals surface area contributed by atoms with Crippen molar-refractivity contribution in [2.24, 2.45) is 4.99 Å². The minimum Gasteiger partial charge on any atom is -0.404 e. The van der Waals surface area contributed by atoms with E-state index in [2.05, 4.69) is 25.6 Å². The molecule has 0 fully saturated rings. The zero-order valence-electron chi connectivity index (χ0n) is 15.7. The molecule has 1 unspecified atom stereocenters. The number of amidine groups is 1. The summed E-state index contributed by atoms with van der Waals surface area (Å²) in [6.07, 6.45) is 1.79. The van der Waals surface area contributed by atoms with Crippen LogP contribution in [0.15, 0.2) is 78.0 Å². The van der Waals surface area contributed by atoms with Crippen LogP contribution in [0.1, 0.15) is 17.0 Å². The number of anilines is 1. The molecule has 30 heavy (non-hydrogen) atoms. The van der Waals surface area contributed by atoms with Crippen LogP contribution in [0.3, 0.4) is 0 Å². The predicted octanol–water partition coefficient (Wildman–Crippen LogP) is 2.16. The quantitative estimate of drug-likeness (QED) is 0.395. The van der Waals surface area contributed by atoms with E-state index in [0.29, 0.717) is 11.4 Å². The van der Waals surface area contributed by atoms with Crippen LogP contribution in [-0.2, 0) is 9.53 Å². The highest BCUT2D eigenvalue weighted by atomic mass is 16.5. The molecular formula is C21H17N7O2. The first kappa shape index (κ1) is 18.9. The maximum absolute atomic E-state index is 12.7. The highest BCUT2D eigenvalue weighted by Crippen LogP contribution is 2.23. The standard InChI is InChI=1S/C21H17N7O2/c22-17(18-24-11-6-12-25-18)30-21(23)28-19-20(29)26-15-10-5-4-9-14(15)16(27-19)13-7-2-1-3-8-13/h1-12,19,22H,(H2,23,28)(H,26,29). The Labute approximate surface area is 171 Å². The van der Waals surface area contributed by atoms with Gasteiger partial charge in [-0.1, -0.05) is 48.5 Å². The zero-order valence-corrected chi connectivity index (χ0v) is 15.7. The summed E-state index contributed by atoms with van der Waals surface area (Å²) in [4.78, 5) is 25.1. The van der Waals surface area contributed by atoms with Crippen LogP contribution in [0.2, 0.25) is 0 Å². The number of aliphatic imine (C=N–C) groups is 1. The number of fused-ring (bicyclic) bond motifs is 1. The number of amides is 1. The maximum Gasteiger partial charge on any atom is 0.290 e. The Morgan fingerprint density at radius 2 is 1.67 bits per heavy atom. The minimum absolute atomic E-state index is 0.0234. The average molecular weight is 399 g/mol. The van der Waals surface area contributed by atoms with Gasteiger partial charge in [-0.15, -0.1) is 0 Å². The average Bonchev–Trinajstić information content (AvgIpc) is 2.91. The van der Waals surface area contributed by atoms with E-state index in [1.54, 1.807) is 12.1 Å². The van der Waals surface area contributed by atoms with Crippen molar-refractivity contribution in [3.8, 4) is 0 Å². The summed E-state index contributed by atoms with van der Waals surface area (Å²) in [7, 11) is 0. The van der Waals surface area contributed by atoms with E-state index >= 15 is 0 Å². The molecule has 1 aromatic heterocycles. The first-order chi connectivity index (χ1) is 14.6. The number of hydrogen-bond donors (Lipinski definition) is 4. The van der Waals surface area contributed by atoms with Gasteiger partial charge in [0, 0.05) is 23.5 Å². The van der Waals surface area contributed by atoms with Gasteiger partial charge in [0.25, 0.3) is 17.8 Å². The summed E-state index contributed by atoms with van der Waals surface area (Å²) >= 11 is 0. The zero-order chi connectivity index (χ0) is 20.9. The third-order valence-electron chi connectivity index (χ3n) is 4.23. The van der Waals surface area contributed by atoms with Crippen molar-refractivity contribution < 1.29 is 9.53 Å². The number of carbonyl (C=O) groups excluding carboxylic acids is 1. The predicted molar refractivity (Wildman–Crippen MR) is 112 cm³/mol. The van der Waals surface area contributed by atoms with Crippen molar-refractivity contribution in [1.82, 2.24) is 15.3 Å². The van der Waals surface area contributed by atoms with Crippen LogP contribution in [0.5, 0.6) is 0 Å². The van der Waals surface area contributed by atoms with Crippen LogP contribution in [-0.4, -0.2) is 39.7 Å². The van der Waals surface area contributed by atoms with Crippen molar-refractivity contribution in [3.05, 3.63) is 90.0 Å². The molecule has 2 aromatic carbocycles. The van der Waals surface area contributed by atoms with Crippen molar-refractivity contribution in [2.75, 3.05) is 5.32 Å². The van der Waals surface area contributed by atoms with Gasteiger partial charge in [0.2, 0.25) is 12.0 Å². The van der Waals surface area contributed by atoms with E-state index in [0.717, 1.165) is 11.1 Å². The van der Waals surface area contributed by atoms with Crippen molar-refractivity contribution in [1.29, 1.82) is 10.8 Å². The third-order valence-corrected chi connectivity index (χ3v) is 4.23. The molecular weight excluding hydrogens is 382 g/mol. The topological polar surface area (TPSA) is 136 Å². The second-order valence-electron chi connectivity index (χ2n) is 6.26. The minimum atomic E-state index is -1.13. The van der Waals surface area contributed by atoms with Gasteiger partial charge in [-0.2, -0.15) is 0 Å². The van der Waals surface area contributed by atoms with E-state index < -0.39 is 24.0 Å². The molecule has 0 spiro atoms. The lowest BCUT2D eigenvalue weighted by molar-refractivity contribution is -0.117. The number of carbonyl (C=O) groups is 1. The fraction of sp³-hybridized carbons (Fsp3) is 0.0476. The van der Waals surface area contributed by atoms with Gasteiger partial charge in [0.05, 0.1) is 11.4 Å². The SMILES string of the molecule is N=C(NC1N=C(c2ccccc2)c2ccccc2NC1=O)OC(=N)c1ncccn1. The Morgan fingerprint density at radius 3 is 2.43 bits per heavy atom. The van der Waals surface area contributed by atoms with Crippen molar-refractivity contribution in [3.63, 3.8) is 0 Å². The number of nitrogens with zero attached hydrogens (tertiary/aromatic N) is 3. The van der Waals surface area contributed by atoms with E-state index in [-0.39, 0.29) is 5.82 Å². The van der Waals surface area contributed by atoms with Gasteiger partial charge in [0.1, 0.15) is 0 Å². The van der Waals surface area contributed by atoms with Crippen molar-refractivity contribution in [2.45, 2.75) is 6.17 Å². The number of ether oxygens (including phenoxy) is 1. The number of benzene rings is 2. The van der Waals surface area contributed by atoms with Gasteiger partial charge >= 0.3 is 0 Å². The first-order valence-corrected chi connectivity index (χ1v) is 9.04. The van der Waals surface area contributed by atoms with E-state index in [1.165, 1.54) is 12.4 Å². The normalized spacial score (nSPS) is 15.1. The van der Waals surface area contributed by atoms with Gasteiger partial charge in [-0.05, 0) is 12.1 Å². The molecule has 0 radical (unpaired) electrons. The summed E-state index contributed by atoms with van der Waals surface area (Å²) < 4.78 is 5.13. The van der Waals surface area contributed by atoms with Gasteiger partial charge in [-0.3, -0.25) is 15.6 Å². The molecule has 0 saturated heterocycles. The maximum atomic E-state index is 12.7. The number of hydrogen-bond acceptors (Lipinski definition) is 7. The van der Waals surface area contributed by atoms with Crippen molar-refractivity contribution >= 4 is 29.2 Å². The fourth-order valence-corrected chi connectivity index (χ4v) is 2.90. The largest absolute Gasteiger partial charge is 0.404 e. The Morgan fingerprint density at radius 1 is 0.967 bits per heavy atom. The molecule has 0 bridgehead atoms. The summed E-state index contributed by atoms with van der Waals surface area (Å²) in [5.74, 6) is -0.850. The first-order valence-electron chi connectivity index (χ1n) is 9.04. The number of rotatable bonds is 3. The van der Waals surface area contributed by atoms with Gasteiger partial charge < -0.3 is 15.4 Å². The molecule has 1 aliphatic heterocycles. The van der Waals surface area contributed by atoms with E-state index in [1.807, 2.05) is 48.5 Å². The fourth-order valence-electron chi connectivity index (χ4n) is 2.90. The monoisotopic (exact) mass is 399 g/mol. The Kier molecular flexibility index (Phi) is 5.25. The van der Waals surface area contributed by atoms with Gasteiger partial charge in [-0.25, -0.2) is 15.0 Å². The lowest BCUT2D eigenvalue weighted by atomic mass is 10.0. The van der Waals surface area contributed by atoms with Crippen LogP contribution in [0, 0.1) is 10.8 Å². The molecule has 4 rings (SSSR count). The molecule has 1 atom stereocenters. The number of para-hydroxylation sites is 1. The molecule has 3 aromatic rings. The highest BCUT2D eigenvalue weighted by molar-refractivity contribution is 6.19. The number of nitrogens with one attached hydrogen (secondary N) is 4. The van der Waals surface area contributed by atoms with Crippen LogP contribution in [0.4, 0.5) is 5.69 Å². The van der Waals surface area contributed by atoms with Crippen LogP contribution >= 0.6 is 0 Å². The molecule has 4 N–H and O–H groups in total. The summed E-state index contributed by atoms with van der Waals surface area (Å²) in [5.41, 5.74) is 2.80. The summed E-state index contributed by atoms with van der Waals surface area (Å²) in [6, 6.07) is 17.9. The Balaban J connectivity index is 1.61. The molecule has 1 amide bonds. The van der Waals surface area contributed by atoms with Crippen LogP contribution in [0.25, 0.3) is 0 Å². The molecule has 0 saturated carbocycles. The second kappa shape index (κ2) is 8.31. The highest BCUT2D eigenvalue weighted by Gasteiger charge is 2.27.